The highest BCUT2D eigenvalue weighted by molar-refractivity contribution is 8.00. The molecule has 1 aliphatic rings. The number of carbonyl (C=O) groups is 1. The predicted octanol–water partition coefficient (Wildman–Crippen LogP) is 4.33. The van der Waals surface area contributed by atoms with Gasteiger partial charge in [-0.2, -0.15) is 0 Å². The van der Waals surface area contributed by atoms with Crippen molar-refractivity contribution < 1.29 is 13.6 Å². The van der Waals surface area contributed by atoms with Gasteiger partial charge >= 0.3 is 0 Å². The van der Waals surface area contributed by atoms with Gasteiger partial charge in [-0.15, -0.1) is 10.2 Å². The number of aromatic nitrogens is 2. The van der Waals surface area contributed by atoms with Gasteiger partial charge in [0.2, 0.25) is 5.91 Å². The maximum atomic E-state index is 13.9. The fraction of sp³-hybridized carbons (Fsp3) is 0.250. The van der Waals surface area contributed by atoms with Crippen molar-refractivity contribution >= 4 is 23.4 Å². The molecule has 0 saturated heterocycles. The average molecular weight is 383 g/mol. The number of halogens is 1. The van der Waals surface area contributed by atoms with Crippen molar-refractivity contribution in [1.82, 2.24) is 10.2 Å². The summed E-state index contributed by atoms with van der Waals surface area (Å²) in [5, 5.41) is 7.70. The fourth-order valence-corrected chi connectivity index (χ4v) is 4.03. The van der Waals surface area contributed by atoms with Crippen molar-refractivity contribution in [2.75, 3.05) is 4.90 Å². The fourth-order valence-electron chi connectivity index (χ4n) is 3.30. The highest BCUT2D eigenvalue weighted by Gasteiger charge is 2.34. The van der Waals surface area contributed by atoms with Crippen LogP contribution in [0, 0.1) is 5.82 Å². The first-order chi connectivity index (χ1) is 13.0. The monoisotopic (exact) mass is 383 g/mol. The van der Waals surface area contributed by atoms with Crippen molar-refractivity contribution in [2.24, 2.45) is 0 Å². The second-order valence-electron chi connectivity index (χ2n) is 6.50. The summed E-state index contributed by atoms with van der Waals surface area (Å²) >= 11 is 1.18. The summed E-state index contributed by atoms with van der Waals surface area (Å²) < 4.78 is 19.4. The molecule has 0 unspecified atom stereocenters. The van der Waals surface area contributed by atoms with Gasteiger partial charge in [-0.05, 0) is 44.0 Å². The van der Waals surface area contributed by atoms with E-state index in [1.165, 1.54) is 23.4 Å². The number of benzene rings is 2. The normalized spacial score (nSPS) is 17.0. The Kier molecular flexibility index (Phi) is 4.70. The molecular formula is C20H18FN3O2S. The van der Waals surface area contributed by atoms with E-state index in [9.17, 15) is 9.18 Å². The number of hydrogen-bond donors (Lipinski definition) is 0. The largest absolute Gasteiger partial charge is 0.411 e. The quantitative estimate of drug-likeness (QED) is 0.628. The van der Waals surface area contributed by atoms with Gasteiger partial charge in [0.05, 0.1) is 10.8 Å². The van der Waals surface area contributed by atoms with Crippen LogP contribution in [0.4, 0.5) is 10.1 Å². The SMILES string of the molecule is C[C@@H](Sc1nnc(-c2ccccc2F)o1)C(=O)N1c2ccccc2C[C@@H]1C. The summed E-state index contributed by atoms with van der Waals surface area (Å²) in [6.07, 6.45) is 0.845. The molecule has 5 nitrogen and oxygen atoms in total. The summed E-state index contributed by atoms with van der Waals surface area (Å²) in [4.78, 5) is 14.8. The lowest BCUT2D eigenvalue weighted by Crippen LogP contribution is -2.40. The summed E-state index contributed by atoms with van der Waals surface area (Å²) in [6, 6.07) is 14.3. The molecule has 27 heavy (non-hydrogen) atoms. The zero-order valence-electron chi connectivity index (χ0n) is 14.9. The van der Waals surface area contributed by atoms with Gasteiger partial charge in [-0.1, -0.05) is 42.1 Å². The minimum Gasteiger partial charge on any atom is -0.411 e. The summed E-state index contributed by atoms with van der Waals surface area (Å²) in [7, 11) is 0. The Morgan fingerprint density at radius 2 is 1.96 bits per heavy atom. The lowest BCUT2D eigenvalue weighted by Gasteiger charge is -2.25. The molecule has 2 atom stereocenters. The van der Waals surface area contributed by atoms with Crippen molar-refractivity contribution in [3.05, 3.63) is 59.9 Å². The lowest BCUT2D eigenvalue weighted by atomic mass is 10.1. The Hall–Kier alpha value is -2.67. The molecule has 4 rings (SSSR count). The molecule has 0 fully saturated rings. The van der Waals surface area contributed by atoms with Crippen LogP contribution in [-0.4, -0.2) is 27.4 Å². The summed E-state index contributed by atoms with van der Waals surface area (Å²) in [5.41, 5.74) is 2.38. The van der Waals surface area contributed by atoms with Crippen LogP contribution >= 0.6 is 11.8 Å². The Balaban J connectivity index is 1.51. The Labute approximate surface area is 160 Å². The third kappa shape index (κ3) is 3.35. The molecular weight excluding hydrogens is 365 g/mol. The number of carbonyl (C=O) groups excluding carboxylic acids is 1. The molecule has 0 radical (unpaired) electrons. The average Bonchev–Trinajstić information content (AvgIpc) is 3.25. The highest BCUT2D eigenvalue weighted by Crippen LogP contribution is 2.35. The third-order valence-corrected chi connectivity index (χ3v) is 5.50. The molecule has 1 amide bonds. The molecule has 2 aromatic carbocycles. The van der Waals surface area contributed by atoms with Crippen LogP contribution < -0.4 is 4.90 Å². The Morgan fingerprint density at radius 3 is 2.78 bits per heavy atom. The minimum absolute atomic E-state index is 0.0110. The first kappa shape index (κ1) is 17.7. The molecule has 1 aliphatic heterocycles. The van der Waals surface area contributed by atoms with E-state index in [-0.39, 0.29) is 28.6 Å². The van der Waals surface area contributed by atoms with Crippen LogP contribution in [0.1, 0.15) is 19.4 Å². The summed E-state index contributed by atoms with van der Waals surface area (Å²) in [6.45, 7) is 3.85. The molecule has 138 valence electrons. The van der Waals surface area contributed by atoms with Gasteiger partial charge in [0, 0.05) is 11.7 Å². The van der Waals surface area contributed by atoms with Gasteiger partial charge < -0.3 is 9.32 Å². The maximum absolute atomic E-state index is 13.9. The number of nitrogens with zero attached hydrogens (tertiary/aromatic N) is 3. The summed E-state index contributed by atoms with van der Waals surface area (Å²) in [5.74, 6) is -0.331. The second kappa shape index (κ2) is 7.15. The van der Waals surface area contributed by atoms with E-state index >= 15 is 0 Å². The van der Waals surface area contributed by atoms with Gasteiger partial charge in [0.1, 0.15) is 5.82 Å². The lowest BCUT2D eigenvalue weighted by molar-refractivity contribution is -0.118. The van der Waals surface area contributed by atoms with Crippen LogP contribution in [0.2, 0.25) is 0 Å². The maximum Gasteiger partial charge on any atom is 0.277 e. The zero-order chi connectivity index (χ0) is 19.0. The molecule has 7 heteroatoms. The van der Waals surface area contributed by atoms with Gasteiger partial charge in [0.15, 0.2) is 0 Å². The zero-order valence-corrected chi connectivity index (χ0v) is 15.7. The second-order valence-corrected chi connectivity index (χ2v) is 7.80. The Bertz CT molecular complexity index is 991. The van der Waals surface area contributed by atoms with Gasteiger partial charge in [-0.25, -0.2) is 4.39 Å². The smallest absolute Gasteiger partial charge is 0.277 e. The van der Waals surface area contributed by atoms with E-state index in [2.05, 4.69) is 16.3 Å². The van der Waals surface area contributed by atoms with Crippen LogP contribution in [0.25, 0.3) is 11.5 Å². The first-order valence-corrected chi connectivity index (χ1v) is 9.58. The predicted molar refractivity (Wildman–Crippen MR) is 102 cm³/mol. The topological polar surface area (TPSA) is 59.2 Å². The van der Waals surface area contributed by atoms with Gasteiger partial charge in [-0.3, -0.25) is 4.79 Å². The number of rotatable bonds is 4. The van der Waals surface area contributed by atoms with E-state index in [0.29, 0.717) is 0 Å². The van der Waals surface area contributed by atoms with Crippen LogP contribution in [0.5, 0.6) is 0 Å². The Morgan fingerprint density at radius 1 is 1.22 bits per heavy atom. The minimum atomic E-state index is -0.427. The number of anilines is 1. The highest BCUT2D eigenvalue weighted by atomic mass is 32.2. The molecule has 0 aliphatic carbocycles. The van der Waals surface area contributed by atoms with E-state index in [4.69, 9.17) is 4.42 Å². The molecule has 1 aromatic heterocycles. The van der Waals surface area contributed by atoms with E-state index in [1.807, 2.05) is 36.9 Å². The van der Waals surface area contributed by atoms with Crippen LogP contribution in [-0.2, 0) is 11.2 Å². The first-order valence-electron chi connectivity index (χ1n) is 8.70. The van der Waals surface area contributed by atoms with Gasteiger partial charge in [0.25, 0.3) is 11.1 Å². The third-order valence-electron chi connectivity index (χ3n) is 4.58. The van der Waals surface area contributed by atoms with Crippen molar-refractivity contribution in [2.45, 2.75) is 36.8 Å². The van der Waals surface area contributed by atoms with E-state index in [0.717, 1.165) is 12.1 Å². The van der Waals surface area contributed by atoms with Crippen molar-refractivity contribution in [3.63, 3.8) is 0 Å². The molecule has 0 bridgehead atoms. The number of amides is 1. The standard InChI is InChI=1S/C20H18FN3O2S/c1-12-11-14-7-3-6-10-17(14)24(12)19(25)13(2)27-20-23-22-18(26-20)15-8-4-5-9-16(15)21/h3-10,12-13H,11H2,1-2H3/t12-,13+/m0/s1. The van der Waals surface area contributed by atoms with Crippen molar-refractivity contribution in [3.8, 4) is 11.5 Å². The number of hydrogen-bond acceptors (Lipinski definition) is 5. The molecule has 2 heterocycles. The van der Waals surface area contributed by atoms with Crippen LogP contribution in [0.15, 0.2) is 58.2 Å². The molecule has 3 aromatic rings. The molecule has 0 saturated carbocycles. The number of thioether (sulfide) groups is 1. The molecule has 0 spiro atoms. The molecule has 0 N–H and O–H groups in total. The van der Waals surface area contributed by atoms with Crippen LogP contribution in [0.3, 0.4) is 0 Å². The number of para-hydroxylation sites is 1. The van der Waals surface area contributed by atoms with E-state index in [1.54, 1.807) is 18.2 Å². The van der Waals surface area contributed by atoms with Crippen molar-refractivity contribution in [1.29, 1.82) is 0 Å². The number of fused-ring (bicyclic) bond motifs is 1. The van der Waals surface area contributed by atoms with E-state index < -0.39 is 11.1 Å².